The quantitative estimate of drug-likeness (QED) is 0.166. The molecule has 0 N–H and O–H groups in total. The number of hydrogen-bond donors (Lipinski definition) is 0. The fourth-order valence-corrected chi connectivity index (χ4v) is 11.7. The van der Waals surface area contributed by atoms with Gasteiger partial charge in [-0.1, -0.05) is 141 Å². The molecule has 5 atom stereocenters. The zero-order chi connectivity index (χ0) is 36.0. The molecule has 1 spiro atoms. The number of fused-ring (bicyclic) bond motifs is 12. The molecule has 2 bridgehead atoms. The van der Waals surface area contributed by atoms with Gasteiger partial charge in [0.25, 0.3) is 0 Å². The van der Waals surface area contributed by atoms with E-state index in [2.05, 4.69) is 183 Å². The normalized spacial score (nSPS) is 22.8. The highest BCUT2D eigenvalue weighted by Gasteiger charge is 2.56. The molecule has 0 amide bonds. The first kappa shape index (κ1) is 31.8. The molecule has 2 fully saturated rings. The smallest absolute Gasteiger partial charge is 0.0546 e. The lowest BCUT2D eigenvalue weighted by Crippen LogP contribution is -2.49. The summed E-state index contributed by atoms with van der Waals surface area (Å²) in [5.74, 6) is 3.06. The van der Waals surface area contributed by atoms with Crippen molar-refractivity contribution in [3.63, 3.8) is 0 Å². The van der Waals surface area contributed by atoms with Crippen LogP contribution in [0.1, 0.15) is 50.7 Å². The second-order valence-electron chi connectivity index (χ2n) is 16.8. The third-order valence-electron chi connectivity index (χ3n) is 13.7. The van der Waals surface area contributed by atoms with E-state index < -0.39 is 0 Å². The minimum atomic E-state index is 0.127. The highest BCUT2D eigenvalue weighted by molar-refractivity contribution is 6.14. The molecule has 3 aliphatic carbocycles. The summed E-state index contributed by atoms with van der Waals surface area (Å²) in [6, 6.07) is 61.7. The Kier molecular flexibility index (Phi) is 7.18. The average molecular weight is 696 g/mol. The summed E-state index contributed by atoms with van der Waals surface area (Å²) in [4.78, 5) is 2.45. The maximum atomic E-state index is 2.56. The first-order valence-corrected chi connectivity index (χ1v) is 20.1. The van der Waals surface area contributed by atoms with E-state index in [1.165, 1.54) is 85.9 Å². The van der Waals surface area contributed by atoms with Crippen molar-refractivity contribution in [1.29, 1.82) is 0 Å². The molecular formula is C53H45N. The highest BCUT2D eigenvalue weighted by atomic mass is 15.1. The van der Waals surface area contributed by atoms with Crippen LogP contribution >= 0.6 is 0 Å². The summed E-state index contributed by atoms with van der Waals surface area (Å²) in [5, 5.41) is 7.54. The van der Waals surface area contributed by atoms with Crippen LogP contribution in [0, 0.1) is 23.7 Å². The number of benzene rings is 8. The molecule has 11 rings (SSSR count). The van der Waals surface area contributed by atoms with Crippen molar-refractivity contribution < 1.29 is 0 Å². The highest BCUT2D eigenvalue weighted by Crippen LogP contribution is 2.64. The largest absolute Gasteiger partial charge is 0.310 e. The van der Waals surface area contributed by atoms with Crippen molar-refractivity contribution in [3.05, 3.63) is 175 Å². The maximum absolute atomic E-state index is 2.56. The third kappa shape index (κ3) is 4.70. The zero-order valence-electron chi connectivity index (χ0n) is 31.2. The minimum absolute atomic E-state index is 0.127. The topological polar surface area (TPSA) is 3.24 Å². The van der Waals surface area contributed by atoms with Crippen LogP contribution in [-0.2, 0) is 5.41 Å². The average Bonchev–Trinajstić information content (AvgIpc) is 3.51. The SMILES string of the molecule is CC1CC2CC(C)C3(c4ccccc4-c4cc(-c5ccc(N(c6ccc7ccccc7c6)c6cc7ccccc7c7ccccc67)cc5)ccc43)C(C1)C2. The van der Waals surface area contributed by atoms with Gasteiger partial charge < -0.3 is 4.90 Å². The Hall–Kier alpha value is -5.66. The molecule has 2 saturated carbocycles. The molecule has 54 heavy (non-hydrogen) atoms. The maximum Gasteiger partial charge on any atom is 0.0546 e. The van der Waals surface area contributed by atoms with E-state index >= 15 is 0 Å². The second kappa shape index (κ2) is 12.2. The van der Waals surface area contributed by atoms with Crippen LogP contribution in [0.25, 0.3) is 54.6 Å². The molecule has 0 radical (unpaired) electrons. The van der Waals surface area contributed by atoms with Crippen LogP contribution in [0.2, 0.25) is 0 Å². The summed E-state index contributed by atoms with van der Waals surface area (Å²) < 4.78 is 0. The fraction of sp³-hybridized carbons (Fsp3) is 0.208. The predicted molar refractivity (Wildman–Crippen MR) is 229 cm³/mol. The summed E-state index contributed by atoms with van der Waals surface area (Å²) in [5.41, 5.74) is 12.3. The van der Waals surface area contributed by atoms with Crippen LogP contribution in [0.15, 0.2) is 164 Å². The molecule has 0 heterocycles. The van der Waals surface area contributed by atoms with Gasteiger partial charge in [-0.05, 0) is 146 Å². The summed E-state index contributed by atoms with van der Waals surface area (Å²) in [6.45, 7) is 5.06. The molecule has 3 aliphatic rings. The van der Waals surface area contributed by atoms with Gasteiger partial charge in [0.2, 0.25) is 0 Å². The Morgan fingerprint density at radius 1 is 0.463 bits per heavy atom. The zero-order valence-corrected chi connectivity index (χ0v) is 31.2. The lowest BCUT2D eigenvalue weighted by Gasteiger charge is -2.54. The van der Waals surface area contributed by atoms with Gasteiger partial charge in [0.1, 0.15) is 0 Å². The molecule has 1 nitrogen and oxygen atoms in total. The summed E-state index contributed by atoms with van der Waals surface area (Å²) in [7, 11) is 0. The van der Waals surface area contributed by atoms with Gasteiger partial charge in [-0.3, -0.25) is 0 Å². The van der Waals surface area contributed by atoms with Crippen LogP contribution in [-0.4, -0.2) is 0 Å². The molecule has 1 heteroatoms. The third-order valence-corrected chi connectivity index (χ3v) is 13.7. The summed E-state index contributed by atoms with van der Waals surface area (Å²) >= 11 is 0. The molecule has 5 unspecified atom stereocenters. The Bertz CT molecular complexity index is 2740. The van der Waals surface area contributed by atoms with Crippen LogP contribution in [0.4, 0.5) is 17.1 Å². The number of nitrogens with zero attached hydrogens (tertiary/aromatic N) is 1. The number of rotatable bonds is 4. The molecule has 8 aromatic carbocycles. The Morgan fingerprint density at radius 2 is 1.13 bits per heavy atom. The van der Waals surface area contributed by atoms with Gasteiger partial charge in [-0.2, -0.15) is 0 Å². The van der Waals surface area contributed by atoms with Gasteiger partial charge >= 0.3 is 0 Å². The van der Waals surface area contributed by atoms with Crippen molar-refractivity contribution in [2.45, 2.75) is 44.9 Å². The lowest BCUT2D eigenvalue weighted by molar-refractivity contribution is 0.0426. The first-order valence-electron chi connectivity index (χ1n) is 20.1. The Morgan fingerprint density at radius 3 is 1.98 bits per heavy atom. The van der Waals surface area contributed by atoms with Crippen molar-refractivity contribution in [2.24, 2.45) is 23.7 Å². The van der Waals surface area contributed by atoms with Crippen molar-refractivity contribution in [1.82, 2.24) is 0 Å². The van der Waals surface area contributed by atoms with E-state index in [1.54, 1.807) is 11.1 Å². The van der Waals surface area contributed by atoms with Crippen LogP contribution in [0.5, 0.6) is 0 Å². The fourth-order valence-electron chi connectivity index (χ4n) is 11.7. The van der Waals surface area contributed by atoms with E-state index in [9.17, 15) is 0 Å². The molecule has 8 aromatic rings. The molecule has 0 aromatic heterocycles. The van der Waals surface area contributed by atoms with Crippen molar-refractivity contribution in [3.8, 4) is 22.3 Å². The van der Waals surface area contributed by atoms with E-state index in [4.69, 9.17) is 0 Å². The van der Waals surface area contributed by atoms with Gasteiger partial charge in [-0.25, -0.2) is 0 Å². The predicted octanol–water partition coefficient (Wildman–Crippen LogP) is 14.6. The molecule has 262 valence electrons. The van der Waals surface area contributed by atoms with E-state index in [0.717, 1.165) is 29.1 Å². The molecular weight excluding hydrogens is 651 g/mol. The summed E-state index contributed by atoms with van der Waals surface area (Å²) in [6.07, 6.45) is 5.48. The minimum Gasteiger partial charge on any atom is -0.310 e. The van der Waals surface area contributed by atoms with E-state index in [0.29, 0.717) is 5.92 Å². The van der Waals surface area contributed by atoms with Gasteiger partial charge in [0.05, 0.1) is 5.69 Å². The molecule has 0 saturated heterocycles. The van der Waals surface area contributed by atoms with Gasteiger partial charge in [-0.15, -0.1) is 0 Å². The van der Waals surface area contributed by atoms with E-state index in [-0.39, 0.29) is 5.41 Å². The second-order valence-corrected chi connectivity index (χ2v) is 16.8. The Labute approximate surface area is 318 Å². The lowest BCUT2D eigenvalue weighted by atomic mass is 9.49. The van der Waals surface area contributed by atoms with E-state index in [1.807, 2.05) is 0 Å². The van der Waals surface area contributed by atoms with Crippen LogP contribution < -0.4 is 4.90 Å². The van der Waals surface area contributed by atoms with Gasteiger partial charge in [0.15, 0.2) is 0 Å². The monoisotopic (exact) mass is 695 g/mol. The van der Waals surface area contributed by atoms with Crippen molar-refractivity contribution >= 4 is 49.4 Å². The first-order chi connectivity index (χ1) is 26.6. The van der Waals surface area contributed by atoms with Crippen LogP contribution in [0.3, 0.4) is 0 Å². The Balaban J connectivity index is 1.04. The number of anilines is 3. The standard InChI is InChI=1S/C53H45N/c1-34-27-36-29-35(2)53(42(28-34)30-36)50-18-10-9-16-47(50)49-32-40(22-26-51(49)53)38-19-23-43(24-20-38)54(44-25-21-37-11-3-4-12-39(37)31-44)52-33-41-13-5-6-14-45(41)46-15-7-8-17-48(46)52/h3-26,31-36,42H,27-30H2,1-2H3. The van der Waals surface area contributed by atoms with Crippen molar-refractivity contribution in [2.75, 3.05) is 4.90 Å². The number of hydrogen-bond acceptors (Lipinski definition) is 1. The molecule has 0 aliphatic heterocycles. The van der Waals surface area contributed by atoms with Gasteiger partial charge in [0, 0.05) is 22.2 Å².